The second kappa shape index (κ2) is 10.7. The van der Waals surface area contributed by atoms with Gasteiger partial charge in [0.2, 0.25) is 0 Å². The van der Waals surface area contributed by atoms with E-state index < -0.39 is 0 Å². The van der Waals surface area contributed by atoms with Gasteiger partial charge < -0.3 is 19.5 Å². The van der Waals surface area contributed by atoms with Crippen molar-refractivity contribution < 1.29 is 9.53 Å². The van der Waals surface area contributed by atoms with Crippen molar-refractivity contribution in [3.63, 3.8) is 0 Å². The van der Waals surface area contributed by atoms with Gasteiger partial charge in [-0.15, -0.1) is 0 Å². The van der Waals surface area contributed by atoms with E-state index in [4.69, 9.17) is 4.74 Å². The number of benzene rings is 1. The van der Waals surface area contributed by atoms with Gasteiger partial charge in [-0.25, -0.2) is 4.98 Å². The molecule has 1 aliphatic carbocycles. The number of carbonyl (C=O) groups is 1. The minimum Gasteiger partial charge on any atom is -0.497 e. The highest BCUT2D eigenvalue weighted by Crippen LogP contribution is 2.35. The Kier molecular flexibility index (Phi) is 7.51. The fourth-order valence-electron chi connectivity index (χ4n) is 4.43. The van der Waals surface area contributed by atoms with Gasteiger partial charge in [0.05, 0.1) is 20.0 Å². The number of methoxy groups -OCH3 is 1. The number of likely N-dealkylation sites (N-methyl/N-ethyl adjacent to an activating group) is 2. The highest BCUT2D eigenvalue weighted by Gasteiger charge is 2.28. The van der Waals surface area contributed by atoms with Gasteiger partial charge >= 0.3 is 0 Å². The van der Waals surface area contributed by atoms with Crippen molar-refractivity contribution in [2.75, 3.05) is 38.7 Å². The summed E-state index contributed by atoms with van der Waals surface area (Å²) in [6.45, 7) is 4.67. The van der Waals surface area contributed by atoms with Crippen molar-refractivity contribution in [2.24, 2.45) is 5.92 Å². The number of rotatable bonds is 12. The first-order valence-corrected chi connectivity index (χ1v) is 12.1. The average Bonchev–Trinajstić information content (AvgIpc) is 3.66. The van der Waals surface area contributed by atoms with Gasteiger partial charge in [-0.05, 0) is 38.4 Å². The summed E-state index contributed by atoms with van der Waals surface area (Å²) in [6, 6.07) is 9.17. The highest BCUT2D eigenvalue weighted by atomic mass is 16.5. The molecular weight excluding hydrogens is 444 g/mol. The number of nitrogens with one attached hydrogen (secondary N) is 1. The predicted molar refractivity (Wildman–Crippen MR) is 135 cm³/mol. The highest BCUT2D eigenvalue weighted by molar-refractivity contribution is 5.96. The normalized spacial score (nSPS) is 13.1. The Balaban J connectivity index is 1.80. The summed E-state index contributed by atoms with van der Waals surface area (Å²) in [7, 11) is 3.43. The van der Waals surface area contributed by atoms with E-state index in [1.54, 1.807) is 31.4 Å². The smallest absolute Gasteiger partial charge is 0.278 e. The van der Waals surface area contributed by atoms with Crippen LogP contribution in [0.4, 0.5) is 5.82 Å². The number of ether oxygens (including phenoxy) is 1. The number of carbonyl (C=O) groups excluding carboxylic acids is 1. The molecule has 4 rings (SSSR count). The fraction of sp³-hybridized carbons (Fsp3) is 0.462. The number of ketones is 1. The number of aromatic nitrogens is 3. The Morgan fingerprint density at radius 2 is 2.17 bits per heavy atom. The summed E-state index contributed by atoms with van der Waals surface area (Å²) in [5.41, 5.74) is 1.35. The maximum Gasteiger partial charge on any atom is 0.278 e. The second-order valence-electron chi connectivity index (χ2n) is 8.91. The quantitative estimate of drug-likeness (QED) is 0.401. The molecule has 35 heavy (non-hydrogen) atoms. The van der Waals surface area contributed by atoms with Crippen LogP contribution in [0.5, 0.6) is 5.75 Å². The molecule has 0 spiro atoms. The molecule has 0 amide bonds. The van der Waals surface area contributed by atoms with Crippen LogP contribution in [-0.2, 0) is 13.1 Å². The molecule has 0 radical (unpaired) electrons. The van der Waals surface area contributed by atoms with E-state index in [-0.39, 0.29) is 17.9 Å². The zero-order valence-corrected chi connectivity index (χ0v) is 20.6. The molecule has 0 saturated heterocycles. The molecule has 0 unspecified atom stereocenters. The van der Waals surface area contributed by atoms with E-state index >= 15 is 0 Å². The van der Waals surface area contributed by atoms with Crippen LogP contribution in [0, 0.1) is 17.2 Å². The molecular formula is C26H32N6O3. The van der Waals surface area contributed by atoms with Gasteiger partial charge in [-0.3, -0.25) is 14.2 Å². The first-order chi connectivity index (χ1) is 17.0. The van der Waals surface area contributed by atoms with E-state index in [9.17, 15) is 14.9 Å². The standard InChI is InChI=1S/C26H32N6O3/c1-4-30(13-11-28-2)25-21(15-27)23-24(32(25)12-10-18-8-9-18)26(34)31(17-29-23)16-22(33)19-6-5-7-20(14-19)35-3/h5-7,14,17-18,28H,4,8-13,16H2,1-3H3. The van der Waals surface area contributed by atoms with Crippen LogP contribution in [-0.4, -0.2) is 53.7 Å². The third-order valence-corrected chi connectivity index (χ3v) is 6.59. The molecule has 9 heteroatoms. The number of nitrogens with zero attached hydrogens (tertiary/aromatic N) is 5. The molecule has 0 bridgehead atoms. The van der Waals surface area contributed by atoms with Gasteiger partial charge in [0.25, 0.3) is 5.56 Å². The molecule has 1 fully saturated rings. The Morgan fingerprint density at radius 3 is 2.83 bits per heavy atom. The van der Waals surface area contributed by atoms with Crippen molar-refractivity contribution in [1.82, 2.24) is 19.4 Å². The number of anilines is 1. The van der Waals surface area contributed by atoms with Crippen molar-refractivity contribution in [3.05, 3.63) is 52.1 Å². The largest absolute Gasteiger partial charge is 0.497 e. The summed E-state index contributed by atoms with van der Waals surface area (Å²) in [5.74, 6) is 1.76. The number of hydrogen-bond acceptors (Lipinski definition) is 7. The van der Waals surface area contributed by atoms with Crippen LogP contribution in [0.25, 0.3) is 11.0 Å². The third kappa shape index (κ3) is 5.08. The molecule has 1 N–H and O–H groups in total. The maximum atomic E-state index is 13.7. The molecule has 1 aliphatic rings. The van der Waals surface area contributed by atoms with Gasteiger partial charge in [0.15, 0.2) is 5.78 Å². The lowest BCUT2D eigenvalue weighted by molar-refractivity contribution is 0.0970. The molecule has 9 nitrogen and oxygen atoms in total. The minimum atomic E-state index is -0.311. The van der Waals surface area contributed by atoms with Crippen molar-refractivity contribution in [1.29, 1.82) is 5.26 Å². The van der Waals surface area contributed by atoms with Crippen LogP contribution in [0.1, 0.15) is 42.1 Å². The number of aryl methyl sites for hydroxylation is 1. The molecule has 184 valence electrons. The Labute approximate surface area is 204 Å². The summed E-state index contributed by atoms with van der Waals surface area (Å²) < 4.78 is 8.52. The van der Waals surface area contributed by atoms with E-state index in [0.29, 0.717) is 53.5 Å². The molecule has 1 aromatic carbocycles. The predicted octanol–water partition coefficient (Wildman–Crippen LogP) is 2.81. The van der Waals surface area contributed by atoms with Gasteiger partial charge in [-0.1, -0.05) is 25.0 Å². The molecule has 2 aromatic heterocycles. The Morgan fingerprint density at radius 1 is 1.37 bits per heavy atom. The molecule has 2 heterocycles. The molecule has 0 aliphatic heterocycles. The first kappa shape index (κ1) is 24.5. The lowest BCUT2D eigenvalue weighted by Crippen LogP contribution is -2.33. The maximum absolute atomic E-state index is 13.7. The summed E-state index contributed by atoms with van der Waals surface area (Å²) >= 11 is 0. The third-order valence-electron chi connectivity index (χ3n) is 6.59. The zero-order chi connectivity index (χ0) is 24.9. The summed E-state index contributed by atoms with van der Waals surface area (Å²) in [6.07, 6.45) is 4.73. The van der Waals surface area contributed by atoms with Gasteiger partial charge in [-0.2, -0.15) is 5.26 Å². The number of nitriles is 1. The number of Topliss-reactive ketones (excluding diaryl/α,β-unsaturated/α-hetero) is 1. The summed E-state index contributed by atoms with van der Waals surface area (Å²) in [5, 5.41) is 13.2. The van der Waals surface area contributed by atoms with E-state index in [2.05, 4.69) is 21.3 Å². The van der Waals surface area contributed by atoms with Gasteiger partial charge in [0.1, 0.15) is 34.2 Å². The topological polar surface area (TPSA) is 105 Å². The van der Waals surface area contributed by atoms with Crippen LogP contribution in [0.3, 0.4) is 0 Å². The fourth-order valence-corrected chi connectivity index (χ4v) is 4.43. The Hall–Kier alpha value is -3.64. The van der Waals surface area contributed by atoms with E-state index in [1.807, 2.05) is 18.5 Å². The summed E-state index contributed by atoms with van der Waals surface area (Å²) in [4.78, 5) is 33.3. The molecule has 3 aromatic rings. The van der Waals surface area contributed by atoms with Gasteiger partial charge in [0, 0.05) is 31.7 Å². The SMILES string of the molecule is CCN(CCNC)c1c(C#N)c2ncn(CC(=O)c3cccc(OC)c3)c(=O)c2n1CCC1CC1. The lowest BCUT2D eigenvalue weighted by Gasteiger charge is -2.25. The van der Waals surface area contributed by atoms with Crippen LogP contribution in [0.2, 0.25) is 0 Å². The van der Waals surface area contributed by atoms with E-state index in [0.717, 1.165) is 18.8 Å². The minimum absolute atomic E-state index is 0.142. The second-order valence-corrected chi connectivity index (χ2v) is 8.91. The Bertz CT molecular complexity index is 1320. The van der Waals surface area contributed by atoms with Crippen molar-refractivity contribution in [3.8, 4) is 11.8 Å². The zero-order valence-electron chi connectivity index (χ0n) is 20.6. The van der Waals surface area contributed by atoms with E-state index in [1.165, 1.54) is 23.7 Å². The van der Waals surface area contributed by atoms with Crippen LogP contribution < -0.4 is 20.5 Å². The molecule has 0 atom stereocenters. The first-order valence-electron chi connectivity index (χ1n) is 12.1. The van der Waals surface area contributed by atoms with Crippen LogP contribution in [0.15, 0.2) is 35.4 Å². The van der Waals surface area contributed by atoms with Crippen molar-refractivity contribution >= 4 is 22.6 Å². The average molecular weight is 477 g/mol. The monoisotopic (exact) mass is 476 g/mol. The number of hydrogen-bond donors (Lipinski definition) is 1. The lowest BCUT2D eigenvalue weighted by atomic mass is 10.1. The van der Waals surface area contributed by atoms with Crippen molar-refractivity contribution in [2.45, 2.75) is 39.3 Å². The van der Waals surface area contributed by atoms with Crippen LogP contribution >= 0.6 is 0 Å². The number of fused-ring (bicyclic) bond motifs is 1. The molecule has 1 saturated carbocycles.